The smallest absolute Gasteiger partial charge is 0.325 e. The van der Waals surface area contributed by atoms with Crippen molar-refractivity contribution in [2.45, 2.75) is 39.3 Å². The second kappa shape index (κ2) is 8.21. The van der Waals surface area contributed by atoms with Crippen LogP contribution in [0, 0.1) is 13.8 Å². The highest BCUT2D eigenvalue weighted by molar-refractivity contribution is 6.11. The highest BCUT2D eigenvalue weighted by atomic mass is 16.5. The summed E-state index contributed by atoms with van der Waals surface area (Å²) in [5, 5.41) is 2.81. The number of hydrogen-bond acceptors (Lipinski definition) is 4. The van der Waals surface area contributed by atoms with Crippen molar-refractivity contribution in [3.63, 3.8) is 0 Å². The molecule has 3 amide bonds. The molecule has 3 rings (SSSR count). The maximum absolute atomic E-state index is 13.2. The fourth-order valence-corrected chi connectivity index (χ4v) is 3.97. The van der Waals surface area contributed by atoms with Gasteiger partial charge in [-0.05, 0) is 31.9 Å². The molecule has 29 heavy (non-hydrogen) atoms. The van der Waals surface area contributed by atoms with Gasteiger partial charge in [-0.2, -0.15) is 0 Å². The second-order valence-electron chi connectivity index (χ2n) is 7.30. The van der Waals surface area contributed by atoms with Gasteiger partial charge in [0, 0.05) is 30.6 Å². The zero-order valence-corrected chi connectivity index (χ0v) is 17.3. The Bertz CT molecular complexity index is 935. The lowest BCUT2D eigenvalue weighted by molar-refractivity contribution is -0.131. The van der Waals surface area contributed by atoms with Crippen molar-refractivity contribution in [1.82, 2.24) is 14.8 Å². The van der Waals surface area contributed by atoms with Gasteiger partial charge in [-0.15, -0.1) is 0 Å². The van der Waals surface area contributed by atoms with Crippen LogP contribution in [0.15, 0.2) is 36.4 Å². The molecule has 1 N–H and O–H groups in total. The van der Waals surface area contributed by atoms with Gasteiger partial charge in [-0.3, -0.25) is 14.5 Å². The van der Waals surface area contributed by atoms with Gasteiger partial charge in [-0.1, -0.05) is 37.3 Å². The maximum Gasteiger partial charge on any atom is 0.325 e. The fraction of sp³-hybridized carbons (Fsp3) is 0.409. The molecule has 7 heteroatoms. The number of imide groups is 1. The third kappa shape index (κ3) is 3.58. The number of nitrogens with one attached hydrogen (secondary N) is 1. The number of hydrogen-bond donors (Lipinski definition) is 1. The van der Waals surface area contributed by atoms with Crippen molar-refractivity contribution >= 4 is 17.7 Å². The van der Waals surface area contributed by atoms with E-state index in [1.165, 1.54) is 0 Å². The van der Waals surface area contributed by atoms with Crippen LogP contribution < -0.4 is 5.32 Å². The molecule has 0 saturated carbocycles. The summed E-state index contributed by atoms with van der Waals surface area (Å²) in [4.78, 5) is 39.8. The number of methoxy groups -OCH3 is 1. The fourth-order valence-electron chi connectivity index (χ4n) is 3.97. The van der Waals surface area contributed by atoms with Crippen LogP contribution in [0.4, 0.5) is 4.79 Å². The molecule has 1 aromatic heterocycles. The molecule has 0 bridgehead atoms. The number of urea groups is 1. The molecule has 1 saturated heterocycles. The van der Waals surface area contributed by atoms with Gasteiger partial charge >= 0.3 is 6.03 Å². The van der Waals surface area contributed by atoms with Gasteiger partial charge in [-0.25, -0.2) is 4.79 Å². The third-order valence-electron chi connectivity index (χ3n) is 5.67. The Hall–Kier alpha value is -2.93. The predicted octanol–water partition coefficient (Wildman–Crippen LogP) is 2.79. The van der Waals surface area contributed by atoms with Crippen molar-refractivity contribution in [2.75, 3.05) is 20.3 Å². The number of rotatable bonds is 8. The number of aryl methyl sites for hydroxylation is 1. The van der Waals surface area contributed by atoms with E-state index in [9.17, 15) is 14.4 Å². The number of nitrogens with zero attached hydrogens (tertiary/aromatic N) is 2. The standard InChI is InChI=1S/C22H27N3O4/c1-5-22(17-9-7-6-8-10-17)20(27)25(21(28)23-22)14-19(26)18-13-15(2)24(16(18)3)11-12-29-4/h6-10,13H,5,11-12,14H2,1-4H3,(H,23,28). The van der Waals surface area contributed by atoms with E-state index in [2.05, 4.69) is 5.32 Å². The van der Waals surface area contributed by atoms with Crippen LogP contribution in [0.5, 0.6) is 0 Å². The van der Waals surface area contributed by atoms with Gasteiger partial charge in [0.25, 0.3) is 5.91 Å². The van der Waals surface area contributed by atoms with E-state index in [1.54, 1.807) is 13.2 Å². The summed E-state index contributed by atoms with van der Waals surface area (Å²) < 4.78 is 7.13. The monoisotopic (exact) mass is 397 g/mol. The third-order valence-corrected chi connectivity index (χ3v) is 5.67. The predicted molar refractivity (Wildman–Crippen MR) is 109 cm³/mol. The first kappa shape index (κ1) is 20.8. The van der Waals surface area contributed by atoms with Crippen molar-refractivity contribution < 1.29 is 19.1 Å². The van der Waals surface area contributed by atoms with Crippen LogP contribution in [-0.4, -0.2) is 47.4 Å². The minimum Gasteiger partial charge on any atom is -0.383 e. The van der Waals surface area contributed by atoms with Crippen LogP contribution in [0.25, 0.3) is 0 Å². The van der Waals surface area contributed by atoms with E-state index in [1.807, 2.05) is 55.7 Å². The van der Waals surface area contributed by atoms with Gasteiger partial charge < -0.3 is 14.6 Å². The normalized spacial score (nSPS) is 19.0. The molecule has 0 aliphatic carbocycles. The van der Waals surface area contributed by atoms with Crippen LogP contribution in [0.3, 0.4) is 0 Å². The van der Waals surface area contributed by atoms with Crippen molar-refractivity contribution in [2.24, 2.45) is 0 Å². The van der Waals surface area contributed by atoms with Crippen molar-refractivity contribution in [3.8, 4) is 0 Å². The molecule has 0 radical (unpaired) electrons. The number of carbonyl (C=O) groups excluding carboxylic acids is 3. The van der Waals surface area contributed by atoms with Crippen LogP contribution in [-0.2, 0) is 21.6 Å². The zero-order valence-electron chi connectivity index (χ0n) is 17.3. The summed E-state index contributed by atoms with van der Waals surface area (Å²) in [6.45, 7) is 6.52. The molecule has 2 aromatic rings. The first-order valence-electron chi connectivity index (χ1n) is 9.74. The van der Waals surface area contributed by atoms with Gasteiger partial charge in [0.15, 0.2) is 5.78 Å². The maximum atomic E-state index is 13.2. The molecule has 1 atom stereocenters. The van der Waals surface area contributed by atoms with Gasteiger partial charge in [0.05, 0.1) is 13.2 Å². The highest BCUT2D eigenvalue weighted by Gasteiger charge is 2.51. The molecule has 2 heterocycles. The lowest BCUT2D eigenvalue weighted by Gasteiger charge is -2.25. The number of ketones is 1. The Balaban J connectivity index is 1.85. The topological polar surface area (TPSA) is 80.6 Å². The highest BCUT2D eigenvalue weighted by Crippen LogP contribution is 2.32. The van der Waals surface area contributed by atoms with Gasteiger partial charge in [0.2, 0.25) is 0 Å². The summed E-state index contributed by atoms with van der Waals surface area (Å²) in [7, 11) is 1.63. The number of Topliss-reactive ketones (excluding diaryl/α,β-unsaturated/α-hetero) is 1. The molecule has 1 fully saturated rings. The summed E-state index contributed by atoms with van der Waals surface area (Å²) in [6.07, 6.45) is 0.401. The molecule has 1 aliphatic rings. The number of amides is 3. The number of aromatic nitrogens is 1. The van der Waals surface area contributed by atoms with E-state index in [4.69, 9.17) is 4.74 Å². The summed E-state index contributed by atoms with van der Waals surface area (Å²) in [6, 6.07) is 10.4. The van der Waals surface area contributed by atoms with E-state index < -0.39 is 17.5 Å². The van der Waals surface area contributed by atoms with Crippen molar-refractivity contribution in [1.29, 1.82) is 0 Å². The van der Waals surface area contributed by atoms with Crippen LogP contribution >= 0.6 is 0 Å². The summed E-state index contributed by atoms with van der Waals surface area (Å²) in [5.74, 6) is -0.650. The lowest BCUT2D eigenvalue weighted by Crippen LogP contribution is -2.43. The Labute approximate surface area is 170 Å². The molecule has 1 unspecified atom stereocenters. The lowest BCUT2D eigenvalue weighted by atomic mass is 9.87. The van der Waals surface area contributed by atoms with Crippen LogP contribution in [0.1, 0.15) is 40.7 Å². The average molecular weight is 397 g/mol. The Morgan fingerprint density at radius 1 is 1.17 bits per heavy atom. The largest absolute Gasteiger partial charge is 0.383 e. The number of ether oxygens (including phenoxy) is 1. The zero-order chi connectivity index (χ0) is 21.2. The molecule has 1 aromatic carbocycles. The summed E-state index contributed by atoms with van der Waals surface area (Å²) >= 11 is 0. The number of carbonyl (C=O) groups is 3. The molecule has 1 aliphatic heterocycles. The van der Waals surface area contributed by atoms with Crippen LogP contribution in [0.2, 0.25) is 0 Å². The summed E-state index contributed by atoms with van der Waals surface area (Å²) in [5.41, 5.74) is 1.85. The number of benzene rings is 1. The Kier molecular flexibility index (Phi) is 5.88. The second-order valence-corrected chi connectivity index (χ2v) is 7.30. The van der Waals surface area contributed by atoms with Crippen molar-refractivity contribution in [3.05, 3.63) is 58.9 Å². The average Bonchev–Trinajstić information content (AvgIpc) is 3.15. The van der Waals surface area contributed by atoms with E-state index in [0.717, 1.165) is 16.3 Å². The first-order valence-corrected chi connectivity index (χ1v) is 9.74. The minimum absolute atomic E-state index is 0.259. The molecule has 154 valence electrons. The quantitative estimate of drug-likeness (QED) is 0.549. The first-order chi connectivity index (χ1) is 13.9. The Morgan fingerprint density at radius 2 is 1.86 bits per heavy atom. The molecular weight excluding hydrogens is 370 g/mol. The Morgan fingerprint density at radius 3 is 2.48 bits per heavy atom. The SMILES string of the molecule is CCC1(c2ccccc2)NC(=O)N(CC(=O)c2cc(C)n(CCOC)c2C)C1=O. The molecule has 7 nitrogen and oxygen atoms in total. The molecular formula is C22H27N3O4. The van der Waals surface area contributed by atoms with E-state index in [0.29, 0.717) is 30.7 Å². The van der Waals surface area contributed by atoms with E-state index in [-0.39, 0.29) is 12.3 Å². The molecule has 0 spiro atoms. The minimum atomic E-state index is -1.13. The van der Waals surface area contributed by atoms with E-state index >= 15 is 0 Å². The van der Waals surface area contributed by atoms with Gasteiger partial charge in [0.1, 0.15) is 5.54 Å².